The maximum Gasteiger partial charge on any atom is 0.338 e. The van der Waals surface area contributed by atoms with E-state index in [1.165, 1.54) is 24.3 Å². The summed E-state index contributed by atoms with van der Waals surface area (Å²) in [6, 6.07) is 11.9. The van der Waals surface area contributed by atoms with Gasteiger partial charge < -0.3 is 15.2 Å². The second-order valence-electron chi connectivity index (χ2n) is 6.83. The summed E-state index contributed by atoms with van der Waals surface area (Å²) in [5.41, 5.74) is 0.687. The van der Waals surface area contributed by atoms with Gasteiger partial charge in [-0.1, -0.05) is 20.8 Å². The Bertz CT molecular complexity index is 802. The number of carbonyl (C=O) groups is 3. The summed E-state index contributed by atoms with van der Waals surface area (Å²) < 4.78 is 4.98. The minimum Gasteiger partial charge on any atom is -0.508 e. The van der Waals surface area contributed by atoms with Gasteiger partial charge in [-0.15, -0.1) is 0 Å². The highest BCUT2D eigenvalue weighted by atomic mass is 16.5. The summed E-state index contributed by atoms with van der Waals surface area (Å²) in [7, 11) is 0. The number of ketones is 1. The van der Waals surface area contributed by atoms with Crippen LogP contribution in [0.2, 0.25) is 0 Å². The van der Waals surface area contributed by atoms with Gasteiger partial charge in [-0.3, -0.25) is 9.59 Å². The number of nitrogens with one attached hydrogen (secondary N) is 1. The lowest BCUT2D eigenvalue weighted by Crippen LogP contribution is -2.27. The van der Waals surface area contributed by atoms with Gasteiger partial charge in [0.2, 0.25) is 5.91 Å². The second-order valence-corrected chi connectivity index (χ2v) is 6.83. The maximum absolute atomic E-state index is 12.1. The van der Waals surface area contributed by atoms with Crippen molar-refractivity contribution in [2.24, 2.45) is 5.41 Å². The van der Waals surface area contributed by atoms with Gasteiger partial charge in [-0.2, -0.15) is 0 Å². The van der Waals surface area contributed by atoms with E-state index in [0.29, 0.717) is 11.3 Å². The number of amides is 1. The molecule has 1 amide bonds. The third kappa shape index (κ3) is 5.17. The van der Waals surface area contributed by atoms with Crippen molar-refractivity contribution in [2.75, 3.05) is 11.9 Å². The number of benzene rings is 2. The summed E-state index contributed by atoms with van der Waals surface area (Å²) >= 11 is 0. The first-order chi connectivity index (χ1) is 12.2. The van der Waals surface area contributed by atoms with Crippen molar-refractivity contribution < 1.29 is 24.2 Å². The number of hydrogen-bond acceptors (Lipinski definition) is 5. The summed E-state index contributed by atoms with van der Waals surface area (Å²) in [5.74, 6) is -1.09. The highest BCUT2D eigenvalue weighted by Gasteiger charge is 2.21. The molecule has 2 N–H and O–H groups in total. The van der Waals surface area contributed by atoms with Crippen molar-refractivity contribution in [1.82, 2.24) is 0 Å². The van der Waals surface area contributed by atoms with Crippen LogP contribution in [0.25, 0.3) is 0 Å². The summed E-state index contributed by atoms with van der Waals surface area (Å²) in [6.07, 6.45) is 0. The van der Waals surface area contributed by atoms with Crippen molar-refractivity contribution in [3.8, 4) is 5.75 Å². The average Bonchev–Trinajstić information content (AvgIpc) is 2.59. The van der Waals surface area contributed by atoms with Crippen LogP contribution in [-0.4, -0.2) is 29.4 Å². The molecule has 0 saturated heterocycles. The Morgan fingerprint density at radius 1 is 0.923 bits per heavy atom. The van der Waals surface area contributed by atoms with Gasteiger partial charge in [0.05, 0.1) is 5.56 Å². The van der Waals surface area contributed by atoms with Gasteiger partial charge in [0.15, 0.2) is 12.4 Å². The third-order valence-electron chi connectivity index (χ3n) is 3.58. The molecule has 0 radical (unpaired) electrons. The van der Waals surface area contributed by atoms with Crippen molar-refractivity contribution in [1.29, 1.82) is 0 Å². The lowest BCUT2D eigenvalue weighted by molar-refractivity contribution is -0.123. The zero-order valence-electron chi connectivity index (χ0n) is 14.9. The fraction of sp³-hybridized carbons (Fsp3) is 0.250. The van der Waals surface area contributed by atoms with E-state index in [1.807, 2.05) is 20.8 Å². The molecule has 0 unspecified atom stereocenters. The molecule has 0 spiro atoms. The number of phenols is 1. The predicted molar refractivity (Wildman–Crippen MR) is 97.2 cm³/mol. The number of rotatable bonds is 5. The summed E-state index contributed by atoms with van der Waals surface area (Å²) in [6.45, 7) is 5.03. The van der Waals surface area contributed by atoms with E-state index in [9.17, 15) is 19.5 Å². The topological polar surface area (TPSA) is 92.7 Å². The largest absolute Gasteiger partial charge is 0.508 e. The number of Topliss-reactive ketones (excluding diaryl/α,β-unsaturated/α-hetero) is 1. The van der Waals surface area contributed by atoms with Crippen LogP contribution in [0.4, 0.5) is 5.69 Å². The van der Waals surface area contributed by atoms with Gasteiger partial charge in [0.1, 0.15) is 5.75 Å². The molecule has 0 aliphatic rings. The molecule has 0 aliphatic heterocycles. The number of esters is 1. The van der Waals surface area contributed by atoms with Crippen molar-refractivity contribution in [2.45, 2.75) is 20.8 Å². The molecule has 0 bridgehead atoms. The molecule has 0 fully saturated rings. The number of ether oxygens (including phenoxy) is 1. The first-order valence-electron chi connectivity index (χ1n) is 8.08. The lowest BCUT2D eigenvalue weighted by Gasteiger charge is -2.17. The van der Waals surface area contributed by atoms with E-state index in [0.717, 1.165) is 0 Å². The molecule has 2 aromatic carbocycles. The molecule has 0 atom stereocenters. The molecule has 2 aromatic rings. The van der Waals surface area contributed by atoms with Crippen LogP contribution >= 0.6 is 0 Å². The number of hydrogen-bond donors (Lipinski definition) is 2. The molecule has 136 valence electrons. The van der Waals surface area contributed by atoms with Gasteiger partial charge in [-0.25, -0.2) is 4.79 Å². The monoisotopic (exact) mass is 355 g/mol. The predicted octanol–water partition coefficient (Wildman–Crippen LogP) is 3.42. The zero-order valence-corrected chi connectivity index (χ0v) is 14.9. The zero-order chi connectivity index (χ0) is 19.3. The number of anilines is 1. The molecular weight excluding hydrogens is 334 g/mol. The second kappa shape index (κ2) is 7.82. The minimum atomic E-state index is -0.646. The lowest BCUT2D eigenvalue weighted by atomic mass is 9.95. The van der Waals surface area contributed by atoms with Crippen LogP contribution in [0.3, 0.4) is 0 Å². The number of phenolic OH excluding ortho intramolecular Hbond substituents is 1. The van der Waals surface area contributed by atoms with Gasteiger partial charge in [0.25, 0.3) is 0 Å². The summed E-state index contributed by atoms with van der Waals surface area (Å²) in [4.78, 5) is 35.9. The van der Waals surface area contributed by atoms with Crippen molar-refractivity contribution in [3.05, 3.63) is 59.7 Å². The Kier molecular flexibility index (Phi) is 5.77. The van der Waals surface area contributed by atoms with E-state index in [2.05, 4.69) is 5.32 Å². The van der Waals surface area contributed by atoms with E-state index < -0.39 is 18.0 Å². The fourth-order valence-electron chi connectivity index (χ4n) is 1.95. The number of aromatic hydroxyl groups is 1. The highest BCUT2D eigenvalue weighted by molar-refractivity contribution is 6.00. The van der Waals surface area contributed by atoms with E-state index >= 15 is 0 Å². The van der Waals surface area contributed by atoms with Crippen LogP contribution in [0, 0.1) is 5.41 Å². The standard InChI is InChI=1S/C20H21NO5/c1-20(2,3)19(25)21-15-8-4-13(5-9-15)17(23)12-26-18(24)14-6-10-16(22)11-7-14/h4-11,22H,12H2,1-3H3,(H,21,25). The molecule has 6 nitrogen and oxygen atoms in total. The molecule has 6 heteroatoms. The quantitative estimate of drug-likeness (QED) is 0.633. The first-order valence-corrected chi connectivity index (χ1v) is 8.08. The molecular formula is C20H21NO5. The van der Waals surface area contributed by atoms with E-state index in [1.54, 1.807) is 24.3 Å². The smallest absolute Gasteiger partial charge is 0.338 e. The Morgan fingerprint density at radius 3 is 2.00 bits per heavy atom. The fourth-order valence-corrected chi connectivity index (χ4v) is 1.95. The molecule has 26 heavy (non-hydrogen) atoms. The molecule has 0 saturated carbocycles. The SMILES string of the molecule is CC(C)(C)C(=O)Nc1ccc(C(=O)COC(=O)c2ccc(O)cc2)cc1. The Hall–Kier alpha value is -3.15. The van der Waals surface area contributed by atoms with E-state index in [-0.39, 0.29) is 23.0 Å². The Labute approximate surface area is 151 Å². The highest BCUT2D eigenvalue weighted by Crippen LogP contribution is 2.18. The molecule has 2 rings (SSSR count). The first kappa shape index (κ1) is 19.2. The summed E-state index contributed by atoms with van der Waals surface area (Å²) in [5, 5.41) is 12.0. The van der Waals surface area contributed by atoms with Crippen LogP contribution in [0.5, 0.6) is 5.75 Å². The minimum absolute atomic E-state index is 0.0382. The number of carbonyl (C=O) groups excluding carboxylic acids is 3. The maximum atomic E-state index is 12.1. The molecule has 0 aromatic heterocycles. The Morgan fingerprint density at radius 2 is 1.46 bits per heavy atom. The van der Waals surface area contributed by atoms with E-state index in [4.69, 9.17) is 4.74 Å². The van der Waals surface area contributed by atoms with Crippen LogP contribution in [0.1, 0.15) is 41.5 Å². The van der Waals surface area contributed by atoms with Crippen LogP contribution < -0.4 is 5.32 Å². The molecule has 0 heterocycles. The molecule has 0 aliphatic carbocycles. The van der Waals surface area contributed by atoms with Crippen LogP contribution in [-0.2, 0) is 9.53 Å². The van der Waals surface area contributed by atoms with Crippen molar-refractivity contribution >= 4 is 23.3 Å². The van der Waals surface area contributed by atoms with Gasteiger partial charge in [0, 0.05) is 16.7 Å². The average molecular weight is 355 g/mol. The third-order valence-corrected chi connectivity index (χ3v) is 3.58. The van der Waals surface area contributed by atoms with Crippen molar-refractivity contribution in [3.63, 3.8) is 0 Å². The normalized spacial score (nSPS) is 10.9. The van der Waals surface area contributed by atoms with Gasteiger partial charge in [-0.05, 0) is 48.5 Å². The Balaban J connectivity index is 1.92. The van der Waals surface area contributed by atoms with Gasteiger partial charge >= 0.3 is 5.97 Å². The van der Waals surface area contributed by atoms with Crippen LogP contribution in [0.15, 0.2) is 48.5 Å².